The molecule has 2 amide bonds. The van der Waals surface area contributed by atoms with Crippen molar-refractivity contribution in [3.8, 4) is 0 Å². The van der Waals surface area contributed by atoms with E-state index in [0.29, 0.717) is 10.6 Å². The highest BCUT2D eigenvalue weighted by Gasteiger charge is 2.26. The molecule has 3 aromatic rings. The van der Waals surface area contributed by atoms with Gasteiger partial charge < -0.3 is 11.1 Å². The predicted octanol–water partition coefficient (Wildman–Crippen LogP) is 4.41. The van der Waals surface area contributed by atoms with Gasteiger partial charge in [-0.3, -0.25) is 9.59 Å². The van der Waals surface area contributed by atoms with E-state index in [1.807, 2.05) is 6.92 Å². The van der Waals surface area contributed by atoms with E-state index in [0.717, 1.165) is 52.9 Å². The molecule has 1 aliphatic carbocycles. The quantitative estimate of drug-likeness (QED) is 0.432. The van der Waals surface area contributed by atoms with E-state index in [-0.39, 0.29) is 11.2 Å². The minimum atomic E-state index is -0.470. The van der Waals surface area contributed by atoms with Crippen LogP contribution in [0.4, 0.5) is 5.00 Å². The predicted molar refractivity (Wildman–Crippen MR) is 120 cm³/mol. The van der Waals surface area contributed by atoms with E-state index in [1.165, 1.54) is 32.9 Å². The molecular weight excluding hydrogens is 424 g/mol. The summed E-state index contributed by atoms with van der Waals surface area (Å²) in [6, 6.07) is 2.10. The molecule has 1 unspecified atom stereocenters. The number of amides is 2. The summed E-state index contributed by atoms with van der Waals surface area (Å²) in [5, 5.41) is 4.95. The molecule has 0 saturated carbocycles. The molecule has 0 radical (unpaired) electrons. The SMILES string of the molecule is CCc1cc2c(SC(C)C(=O)Nc3sc4c(c3C(N)=O)CCCC4)ncnc2s1. The number of anilines is 1. The van der Waals surface area contributed by atoms with E-state index in [2.05, 4.69) is 28.3 Å². The van der Waals surface area contributed by atoms with Crippen LogP contribution in [-0.2, 0) is 24.1 Å². The fraction of sp³-hybridized carbons (Fsp3) is 0.400. The van der Waals surface area contributed by atoms with Gasteiger partial charge in [0.05, 0.1) is 10.8 Å². The largest absolute Gasteiger partial charge is 0.365 e. The lowest BCUT2D eigenvalue weighted by Crippen LogP contribution is -2.24. The van der Waals surface area contributed by atoms with Crippen LogP contribution in [0, 0.1) is 0 Å². The number of carbonyl (C=O) groups excluding carboxylic acids is 2. The number of nitrogens with two attached hydrogens (primary N) is 1. The molecule has 0 aromatic carbocycles. The third-order valence-corrected chi connectivity index (χ3v) is 8.52. The summed E-state index contributed by atoms with van der Waals surface area (Å²) in [7, 11) is 0. The highest BCUT2D eigenvalue weighted by molar-refractivity contribution is 8.00. The van der Waals surface area contributed by atoms with Crippen molar-refractivity contribution in [2.45, 2.75) is 56.2 Å². The molecule has 1 atom stereocenters. The highest BCUT2D eigenvalue weighted by Crippen LogP contribution is 2.39. The van der Waals surface area contributed by atoms with Crippen molar-refractivity contribution < 1.29 is 9.59 Å². The molecule has 4 rings (SSSR count). The molecule has 1 aliphatic rings. The van der Waals surface area contributed by atoms with Crippen molar-refractivity contribution >= 4 is 61.5 Å². The topological polar surface area (TPSA) is 98.0 Å². The summed E-state index contributed by atoms with van der Waals surface area (Å²) >= 11 is 4.55. The first-order valence-electron chi connectivity index (χ1n) is 9.63. The fourth-order valence-electron chi connectivity index (χ4n) is 3.50. The number of nitrogens with zero attached hydrogens (tertiary/aromatic N) is 2. The molecule has 3 aromatic heterocycles. The Hall–Kier alpha value is -1.97. The average molecular weight is 447 g/mol. The Balaban J connectivity index is 1.55. The maximum Gasteiger partial charge on any atom is 0.251 e. The maximum absolute atomic E-state index is 12.9. The standard InChI is InChI=1S/C20H22N4O2S3/c1-3-11-8-13-18(22-9-23-19(13)28-11)27-10(2)17(26)24-20-15(16(21)25)12-6-4-5-7-14(12)29-20/h8-10H,3-7H2,1-2H3,(H2,21,25)(H,24,26). The minimum absolute atomic E-state index is 0.159. The number of aromatic nitrogens is 2. The van der Waals surface area contributed by atoms with Gasteiger partial charge in [-0.05, 0) is 50.7 Å². The molecule has 0 spiro atoms. The first-order chi connectivity index (χ1) is 14.0. The molecule has 0 aliphatic heterocycles. The van der Waals surface area contributed by atoms with Gasteiger partial charge in [0.2, 0.25) is 5.91 Å². The number of thiophene rings is 2. The number of aryl methyl sites for hydroxylation is 2. The zero-order valence-electron chi connectivity index (χ0n) is 16.3. The number of hydrogen-bond donors (Lipinski definition) is 2. The molecule has 3 N–H and O–H groups in total. The average Bonchev–Trinajstić information content (AvgIpc) is 3.29. The molecule has 0 saturated heterocycles. The molecular formula is C20H22N4O2S3. The molecule has 6 nitrogen and oxygen atoms in total. The van der Waals surface area contributed by atoms with Crippen LogP contribution in [-0.4, -0.2) is 27.0 Å². The lowest BCUT2D eigenvalue weighted by atomic mass is 9.95. The van der Waals surface area contributed by atoms with Crippen LogP contribution in [0.1, 0.15) is 52.4 Å². The lowest BCUT2D eigenvalue weighted by Gasteiger charge is -2.12. The van der Waals surface area contributed by atoms with E-state index in [1.54, 1.807) is 17.7 Å². The Morgan fingerprint density at radius 2 is 2.07 bits per heavy atom. The van der Waals surface area contributed by atoms with E-state index in [9.17, 15) is 9.59 Å². The Kier molecular flexibility index (Phi) is 5.89. The normalized spacial score (nSPS) is 14.6. The molecule has 0 bridgehead atoms. The van der Waals surface area contributed by atoms with Gasteiger partial charge >= 0.3 is 0 Å². The number of nitrogens with one attached hydrogen (secondary N) is 1. The first-order valence-corrected chi connectivity index (χ1v) is 12.1. The van der Waals surface area contributed by atoms with Crippen LogP contribution in [0.15, 0.2) is 17.4 Å². The highest BCUT2D eigenvalue weighted by atomic mass is 32.2. The summed E-state index contributed by atoms with van der Waals surface area (Å²) in [5.41, 5.74) is 7.14. The van der Waals surface area contributed by atoms with Gasteiger partial charge in [0.15, 0.2) is 0 Å². The molecule has 152 valence electrons. The van der Waals surface area contributed by atoms with Gasteiger partial charge in [-0.1, -0.05) is 18.7 Å². The van der Waals surface area contributed by atoms with E-state index in [4.69, 9.17) is 5.73 Å². The van der Waals surface area contributed by atoms with Crippen molar-refractivity contribution in [1.82, 2.24) is 9.97 Å². The van der Waals surface area contributed by atoms with Crippen LogP contribution < -0.4 is 11.1 Å². The zero-order chi connectivity index (χ0) is 20.5. The molecule has 0 fully saturated rings. The second-order valence-electron chi connectivity index (χ2n) is 6.99. The zero-order valence-corrected chi connectivity index (χ0v) is 18.7. The van der Waals surface area contributed by atoms with Crippen LogP contribution in [0.25, 0.3) is 10.2 Å². The van der Waals surface area contributed by atoms with Crippen LogP contribution in [0.2, 0.25) is 0 Å². The van der Waals surface area contributed by atoms with Gasteiger partial charge in [-0.2, -0.15) is 0 Å². The Morgan fingerprint density at radius 3 is 2.83 bits per heavy atom. The Bertz CT molecular complexity index is 1090. The van der Waals surface area contributed by atoms with Crippen molar-refractivity contribution in [2.75, 3.05) is 5.32 Å². The first kappa shape index (κ1) is 20.3. The maximum atomic E-state index is 12.9. The van der Waals surface area contributed by atoms with Gasteiger partial charge in [0.1, 0.15) is 21.2 Å². The monoisotopic (exact) mass is 446 g/mol. The van der Waals surface area contributed by atoms with Gasteiger partial charge in [-0.25, -0.2) is 9.97 Å². The van der Waals surface area contributed by atoms with Gasteiger partial charge in [0.25, 0.3) is 5.91 Å². The van der Waals surface area contributed by atoms with E-state index >= 15 is 0 Å². The minimum Gasteiger partial charge on any atom is -0.365 e. The van der Waals surface area contributed by atoms with E-state index < -0.39 is 5.91 Å². The number of carbonyl (C=O) groups is 2. The van der Waals surface area contributed by atoms with Crippen molar-refractivity contribution in [3.05, 3.63) is 33.3 Å². The van der Waals surface area contributed by atoms with Gasteiger partial charge in [0, 0.05) is 15.1 Å². The van der Waals surface area contributed by atoms with Gasteiger partial charge in [-0.15, -0.1) is 22.7 Å². The van der Waals surface area contributed by atoms with Crippen LogP contribution in [0.5, 0.6) is 0 Å². The summed E-state index contributed by atoms with van der Waals surface area (Å²) < 4.78 is 0. The Morgan fingerprint density at radius 1 is 1.28 bits per heavy atom. The molecule has 9 heteroatoms. The summed E-state index contributed by atoms with van der Waals surface area (Å²) in [6.45, 7) is 3.95. The second kappa shape index (κ2) is 8.41. The summed E-state index contributed by atoms with van der Waals surface area (Å²) in [4.78, 5) is 37.0. The summed E-state index contributed by atoms with van der Waals surface area (Å²) in [6.07, 6.45) is 6.44. The van der Waals surface area contributed by atoms with Crippen molar-refractivity contribution in [1.29, 1.82) is 0 Å². The third-order valence-electron chi connectivity index (χ3n) is 5.00. The number of primary amides is 1. The fourth-order valence-corrected chi connectivity index (χ4v) is 6.69. The molecule has 3 heterocycles. The number of thioether (sulfide) groups is 1. The van der Waals surface area contributed by atoms with Crippen molar-refractivity contribution in [2.24, 2.45) is 5.73 Å². The third kappa shape index (κ3) is 4.04. The lowest BCUT2D eigenvalue weighted by molar-refractivity contribution is -0.115. The summed E-state index contributed by atoms with van der Waals surface area (Å²) in [5.74, 6) is -0.628. The number of fused-ring (bicyclic) bond motifs is 2. The Labute approximate surface area is 181 Å². The van der Waals surface area contributed by atoms with Crippen LogP contribution >= 0.6 is 34.4 Å². The van der Waals surface area contributed by atoms with Crippen LogP contribution in [0.3, 0.4) is 0 Å². The number of hydrogen-bond acceptors (Lipinski definition) is 7. The number of rotatable bonds is 6. The molecule has 29 heavy (non-hydrogen) atoms. The second-order valence-corrected chi connectivity index (χ2v) is 10.5. The smallest absolute Gasteiger partial charge is 0.251 e. The van der Waals surface area contributed by atoms with Crippen molar-refractivity contribution in [3.63, 3.8) is 0 Å².